The highest BCUT2D eigenvalue weighted by molar-refractivity contribution is 5.88. The van der Waals surface area contributed by atoms with Crippen LogP contribution in [0.15, 0.2) is 34.9 Å². The minimum atomic E-state index is -4.76. The van der Waals surface area contributed by atoms with Crippen molar-refractivity contribution in [2.24, 2.45) is 10.1 Å². The molecule has 0 saturated carbocycles. The van der Waals surface area contributed by atoms with Crippen molar-refractivity contribution in [2.75, 3.05) is 33.2 Å². The summed E-state index contributed by atoms with van der Waals surface area (Å²) in [5, 5.41) is 6.19. The van der Waals surface area contributed by atoms with E-state index in [0.29, 0.717) is 24.6 Å². The lowest BCUT2D eigenvalue weighted by molar-refractivity contribution is -0.139. The van der Waals surface area contributed by atoms with E-state index in [-0.39, 0.29) is 5.69 Å². The third-order valence-corrected chi connectivity index (χ3v) is 4.76. The van der Waals surface area contributed by atoms with Crippen molar-refractivity contribution in [3.8, 4) is 0 Å². The fraction of sp³-hybridized carbons (Fsp3) is 0.524. The van der Waals surface area contributed by atoms with Gasteiger partial charge in [-0.15, -0.1) is 6.58 Å². The first-order valence-electron chi connectivity index (χ1n) is 9.80. The number of guanidine groups is 1. The Morgan fingerprint density at radius 2 is 1.77 bits per heavy atom. The number of hydrazone groups is 1. The molecule has 166 valence electrons. The van der Waals surface area contributed by atoms with Gasteiger partial charge in [0.2, 0.25) is 5.96 Å². The molecule has 0 radical (unpaired) electrons. The van der Waals surface area contributed by atoms with Crippen molar-refractivity contribution in [2.45, 2.75) is 39.9 Å². The van der Waals surface area contributed by atoms with Crippen LogP contribution < -0.4 is 0 Å². The number of aliphatic imine (C=N–C) groups is 1. The quantitative estimate of drug-likeness (QED) is 0.358. The Hall–Kier alpha value is -2.42. The molecule has 1 aromatic carbocycles. The van der Waals surface area contributed by atoms with Crippen LogP contribution in [0.3, 0.4) is 0 Å². The van der Waals surface area contributed by atoms with Crippen LogP contribution in [0.5, 0.6) is 0 Å². The van der Waals surface area contributed by atoms with Gasteiger partial charge in [0, 0.05) is 37.5 Å². The molecule has 2 aliphatic heterocycles. The average molecular weight is 427 g/mol. The maximum absolute atomic E-state index is 14.1. The summed E-state index contributed by atoms with van der Waals surface area (Å²) in [6, 6.07) is 1.30. The van der Waals surface area contributed by atoms with Crippen LogP contribution in [0.1, 0.15) is 44.9 Å². The lowest BCUT2D eigenvalue weighted by Gasteiger charge is -2.41. The van der Waals surface area contributed by atoms with Gasteiger partial charge in [0.05, 0.1) is 17.3 Å². The molecule has 0 spiro atoms. The number of hydrogen-bond acceptors (Lipinski definition) is 5. The van der Waals surface area contributed by atoms with Gasteiger partial charge in [0.15, 0.2) is 0 Å². The molecule has 1 unspecified atom stereocenters. The Balaban J connectivity index is 0.00000101. The van der Waals surface area contributed by atoms with E-state index >= 15 is 0 Å². The van der Waals surface area contributed by atoms with E-state index in [1.165, 1.54) is 0 Å². The van der Waals surface area contributed by atoms with Gasteiger partial charge < -0.3 is 9.80 Å². The molecule has 30 heavy (non-hydrogen) atoms. The molecule has 1 fully saturated rings. The van der Waals surface area contributed by atoms with Crippen molar-refractivity contribution in [3.05, 3.63) is 41.7 Å². The number of fused-ring (bicyclic) bond motifs is 1. The van der Waals surface area contributed by atoms with E-state index < -0.39 is 23.6 Å². The molecule has 1 aromatic rings. The van der Waals surface area contributed by atoms with Crippen LogP contribution in [-0.2, 0) is 6.18 Å². The molecule has 1 atom stereocenters. The van der Waals surface area contributed by atoms with E-state index in [1.807, 2.05) is 32.7 Å². The van der Waals surface area contributed by atoms with E-state index in [9.17, 15) is 17.6 Å². The molecule has 9 heteroatoms. The monoisotopic (exact) mass is 427 g/mol. The number of allylic oxidation sites excluding steroid dienone is 1. The lowest BCUT2D eigenvalue weighted by atomic mass is 10.0. The summed E-state index contributed by atoms with van der Waals surface area (Å²) in [5.74, 6) is -0.785. The van der Waals surface area contributed by atoms with Gasteiger partial charge in [-0.1, -0.05) is 6.08 Å². The topological polar surface area (TPSA) is 34.4 Å². The average Bonchev–Trinajstić information content (AvgIpc) is 2.64. The van der Waals surface area contributed by atoms with Gasteiger partial charge >= 0.3 is 6.18 Å². The number of hydrogen-bond donors (Lipinski definition) is 0. The van der Waals surface area contributed by atoms with Crippen LogP contribution in [0.25, 0.3) is 0 Å². The minimum absolute atomic E-state index is 0.144. The summed E-state index contributed by atoms with van der Waals surface area (Å²) in [7, 11) is 2.02. The molecule has 0 aromatic heterocycles. The molecule has 0 bridgehead atoms. The van der Waals surface area contributed by atoms with Crippen LogP contribution in [0, 0.1) is 5.82 Å². The number of nitrogens with zero attached hydrogens (tertiary/aromatic N) is 5. The number of benzene rings is 1. The van der Waals surface area contributed by atoms with E-state index in [4.69, 9.17) is 0 Å². The zero-order valence-electron chi connectivity index (χ0n) is 18.1. The first-order chi connectivity index (χ1) is 14.0. The Bertz CT molecular complexity index is 819. The Morgan fingerprint density at radius 1 is 1.20 bits per heavy atom. The van der Waals surface area contributed by atoms with Gasteiger partial charge in [-0.3, -0.25) is 0 Å². The number of piperazine rings is 1. The number of rotatable bonds is 1. The van der Waals surface area contributed by atoms with Crippen LogP contribution in [-0.4, -0.2) is 59.7 Å². The SMILES string of the molecule is C=CC.CC(C)=NN1C(N2CCN(C)CC2)=Nc2cc(C(F)(F)F)c(F)cc2C1C. The first-order valence-corrected chi connectivity index (χ1v) is 9.80. The normalized spacial score (nSPS) is 19.4. The van der Waals surface area contributed by atoms with Gasteiger partial charge in [-0.2, -0.15) is 18.3 Å². The third-order valence-electron chi connectivity index (χ3n) is 4.76. The summed E-state index contributed by atoms with van der Waals surface area (Å²) in [6.45, 7) is 13.7. The molecule has 2 aliphatic rings. The van der Waals surface area contributed by atoms with Gasteiger partial charge in [-0.25, -0.2) is 14.4 Å². The van der Waals surface area contributed by atoms with Gasteiger partial charge in [-0.05, 0) is 46.9 Å². The summed E-state index contributed by atoms with van der Waals surface area (Å²) in [4.78, 5) is 8.66. The summed E-state index contributed by atoms with van der Waals surface area (Å²) >= 11 is 0. The second-order valence-electron chi connectivity index (χ2n) is 7.57. The van der Waals surface area contributed by atoms with Crippen molar-refractivity contribution < 1.29 is 17.6 Å². The summed E-state index contributed by atoms with van der Waals surface area (Å²) < 4.78 is 53.5. The van der Waals surface area contributed by atoms with E-state index in [2.05, 4.69) is 21.6 Å². The highest BCUT2D eigenvalue weighted by Gasteiger charge is 2.38. The molecule has 0 aliphatic carbocycles. The molecular formula is C21H29F4N5. The van der Waals surface area contributed by atoms with Crippen LogP contribution in [0.4, 0.5) is 23.2 Å². The molecule has 2 heterocycles. The minimum Gasteiger partial charge on any atom is -0.338 e. The molecule has 0 amide bonds. The second kappa shape index (κ2) is 9.59. The van der Waals surface area contributed by atoms with Crippen molar-refractivity contribution in [1.29, 1.82) is 0 Å². The zero-order chi connectivity index (χ0) is 22.6. The fourth-order valence-electron chi connectivity index (χ4n) is 3.26. The molecule has 3 rings (SSSR count). The second-order valence-corrected chi connectivity index (χ2v) is 7.57. The van der Waals surface area contributed by atoms with Gasteiger partial charge in [0.1, 0.15) is 5.82 Å². The van der Waals surface area contributed by atoms with Crippen molar-refractivity contribution in [1.82, 2.24) is 14.8 Å². The standard InChI is InChI=1S/C18H23F4N5.C3H6/c1-11(2)24-27-12(3)13-9-15(19)14(18(20,21)22)10-16(13)23-17(27)26-7-5-25(4)6-8-26;1-3-2/h9-10,12H,5-8H2,1-4H3;3H,1H2,2H3. The Morgan fingerprint density at radius 3 is 2.27 bits per heavy atom. The zero-order valence-corrected chi connectivity index (χ0v) is 18.1. The summed E-state index contributed by atoms with van der Waals surface area (Å²) in [6.07, 6.45) is -3.01. The van der Waals surface area contributed by atoms with Crippen LogP contribution >= 0.6 is 0 Å². The smallest absolute Gasteiger partial charge is 0.338 e. The first kappa shape index (κ1) is 23.9. The van der Waals surface area contributed by atoms with E-state index in [1.54, 1.807) is 18.0 Å². The predicted molar refractivity (Wildman–Crippen MR) is 112 cm³/mol. The molecular weight excluding hydrogens is 398 g/mol. The fourth-order valence-corrected chi connectivity index (χ4v) is 3.26. The highest BCUT2D eigenvalue weighted by atomic mass is 19.4. The molecule has 0 N–H and O–H groups in total. The highest BCUT2D eigenvalue weighted by Crippen LogP contribution is 2.41. The molecule has 1 saturated heterocycles. The largest absolute Gasteiger partial charge is 0.419 e. The lowest BCUT2D eigenvalue weighted by Crippen LogP contribution is -2.52. The van der Waals surface area contributed by atoms with Crippen molar-refractivity contribution >= 4 is 17.4 Å². The number of likely N-dealkylation sites (N-methyl/N-ethyl adjacent to an activating group) is 1. The number of halogens is 4. The maximum Gasteiger partial charge on any atom is 0.419 e. The Labute approximate surface area is 175 Å². The molecule has 5 nitrogen and oxygen atoms in total. The predicted octanol–water partition coefficient (Wildman–Crippen LogP) is 5.04. The van der Waals surface area contributed by atoms with E-state index in [0.717, 1.165) is 30.9 Å². The Kier molecular flexibility index (Phi) is 7.63. The van der Waals surface area contributed by atoms with Crippen LogP contribution in [0.2, 0.25) is 0 Å². The number of alkyl halides is 3. The maximum atomic E-state index is 14.1. The summed E-state index contributed by atoms with van der Waals surface area (Å²) in [5.41, 5.74) is 0.0202. The van der Waals surface area contributed by atoms with Gasteiger partial charge in [0.25, 0.3) is 0 Å². The third kappa shape index (κ3) is 5.38. The van der Waals surface area contributed by atoms with Crippen molar-refractivity contribution in [3.63, 3.8) is 0 Å².